The van der Waals surface area contributed by atoms with Crippen molar-refractivity contribution in [2.24, 2.45) is 0 Å². The van der Waals surface area contributed by atoms with Crippen molar-refractivity contribution >= 4 is 5.82 Å². The Morgan fingerprint density at radius 3 is 2.15 bits per heavy atom. The highest BCUT2D eigenvalue weighted by molar-refractivity contribution is 5.63. The van der Waals surface area contributed by atoms with Crippen LogP contribution < -0.4 is 4.90 Å². The van der Waals surface area contributed by atoms with Gasteiger partial charge in [-0.05, 0) is 11.0 Å². The van der Waals surface area contributed by atoms with Crippen LogP contribution in [0.15, 0.2) is 24.3 Å². The predicted octanol–water partition coefficient (Wildman–Crippen LogP) is 3.31. The molecule has 2 aromatic rings. The van der Waals surface area contributed by atoms with E-state index in [2.05, 4.69) is 48.9 Å². The molecular weight excluding hydrogens is 248 g/mol. The number of anilines is 1. The van der Waals surface area contributed by atoms with Gasteiger partial charge in [-0.15, -0.1) is 0 Å². The maximum Gasteiger partial charge on any atom is 0.165 e. The quantitative estimate of drug-likeness (QED) is 0.909. The van der Waals surface area contributed by atoms with E-state index >= 15 is 0 Å². The Kier molecular flexibility index (Phi) is 3.54. The molecule has 1 aromatic carbocycles. The van der Waals surface area contributed by atoms with Crippen LogP contribution in [0.25, 0.3) is 11.4 Å². The van der Waals surface area contributed by atoms with Crippen molar-refractivity contribution in [1.29, 1.82) is 5.26 Å². The number of nitriles is 1. The van der Waals surface area contributed by atoms with Gasteiger partial charge in [-0.3, -0.25) is 0 Å². The van der Waals surface area contributed by atoms with E-state index in [4.69, 9.17) is 5.26 Å². The predicted molar refractivity (Wildman–Crippen MR) is 81.8 cm³/mol. The molecule has 0 aliphatic heterocycles. The van der Waals surface area contributed by atoms with Gasteiger partial charge in [0.15, 0.2) is 11.5 Å². The highest BCUT2D eigenvalue weighted by Crippen LogP contribution is 2.26. The molecule has 1 N–H and O–H groups in total. The summed E-state index contributed by atoms with van der Waals surface area (Å²) < 4.78 is 0. The molecule has 0 spiro atoms. The van der Waals surface area contributed by atoms with Crippen LogP contribution in [-0.2, 0) is 5.41 Å². The van der Waals surface area contributed by atoms with Crippen LogP contribution >= 0.6 is 0 Å². The molecule has 0 radical (unpaired) electrons. The Morgan fingerprint density at radius 2 is 1.75 bits per heavy atom. The number of aromatic amines is 1. The van der Waals surface area contributed by atoms with Gasteiger partial charge in [0.05, 0.1) is 0 Å². The Morgan fingerprint density at radius 1 is 1.15 bits per heavy atom. The molecule has 4 nitrogen and oxygen atoms in total. The maximum atomic E-state index is 9.13. The number of rotatable bonds is 2. The van der Waals surface area contributed by atoms with Crippen LogP contribution in [-0.4, -0.2) is 24.1 Å². The summed E-state index contributed by atoms with van der Waals surface area (Å²) in [6.45, 7) is 6.56. The normalized spacial score (nSPS) is 11.2. The number of nitrogens with one attached hydrogen (secondary N) is 1. The topological polar surface area (TPSA) is 55.7 Å². The number of aromatic nitrogens is 2. The first-order chi connectivity index (χ1) is 9.32. The van der Waals surface area contributed by atoms with E-state index in [1.807, 2.05) is 31.1 Å². The van der Waals surface area contributed by atoms with Crippen LogP contribution in [0.5, 0.6) is 0 Å². The summed E-state index contributed by atoms with van der Waals surface area (Å²) >= 11 is 0. The molecule has 0 fully saturated rings. The first-order valence-corrected chi connectivity index (χ1v) is 6.61. The van der Waals surface area contributed by atoms with Gasteiger partial charge in [0.25, 0.3) is 0 Å². The van der Waals surface area contributed by atoms with Gasteiger partial charge < -0.3 is 9.88 Å². The minimum atomic E-state index is 0.133. The number of nitrogens with zero attached hydrogens (tertiary/aromatic N) is 3. The lowest BCUT2D eigenvalue weighted by Gasteiger charge is -2.18. The van der Waals surface area contributed by atoms with Crippen LogP contribution in [0.3, 0.4) is 0 Å². The smallest absolute Gasteiger partial charge is 0.165 e. The molecule has 0 unspecified atom stereocenters. The molecule has 0 saturated carbocycles. The van der Waals surface area contributed by atoms with Crippen molar-refractivity contribution in [1.82, 2.24) is 9.97 Å². The van der Waals surface area contributed by atoms with Crippen molar-refractivity contribution in [2.75, 3.05) is 19.0 Å². The standard InChI is InChI=1S/C16H20N4/c1-16(2,3)12-8-6-11(7-9-12)14-18-13(10-17)15(19-14)20(4)5/h6-9H,1-5H3,(H,18,19). The fourth-order valence-electron chi connectivity index (χ4n) is 2.03. The Labute approximate surface area is 120 Å². The number of imidazole rings is 1. The van der Waals surface area contributed by atoms with Gasteiger partial charge in [0.1, 0.15) is 11.9 Å². The van der Waals surface area contributed by atoms with E-state index < -0.39 is 0 Å². The van der Waals surface area contributed by atoms with Crippen molar-refractivity contribution in [3.63, 3.8) is 0 Å². The molecule has 0 saturated heterocycles. The molecule has 0 atom stereocenters. The number of hydrogen-bond donors (Lipinski definition) is 1. The van der Waals surface area contributed by atoms with E-state index in [9.17, 15) is 0 Å². The van der Waals surface area contributed by atoms with Crippen molar-refractivity contribution in [3.05, 3.63) is 35.5 Å². The lowest BCUT2D eigenvalue weighted by atomic mass is 9.87. The molecule has 1 heterocycles. The fourth-order valence-corrected chi connectivity index (χ4v) is 2.03. The fraction of sp³-hybridized carbons (Fsp3) is 0.375. The van der Waals surface area contributed by atoms with Crippen LogP contribution in [0.4, 0.5) is 5.82 Å². The van der Waals surface area contributed by atoms with Gasteiger partial charge in [-0.2, -0.15) is 5.26 Å². The summed E-state index contributed by atoms with van der Waals surface area (Å²) in [6.07, 6.45) is 0. The zero-order valence-electron chi connectivity index (χ0n) is 12.7. The number of hydrogen-bond acceptors (Lipinski definition) is 3. The molecule has 0 aliphatic carbocycles. The van der Waals surface area contributed by atoms with E-state index in [1.54, 1.807) is 0 Å². The summed E-state index contributed by atoms with van der Waals surface area (Å²) in [4.78, 5) is 9.40. The Bertz CT molecular complexity index is 637. The van der Waals surface area contributed by atoms with Crippen molar-refractivity contribution in [2.45, 2.75) is 26.2 Å². The monoisotopic (exact) mass is 268 g/mol. The second kappa shape index (κ2) is 5.01. The van der Waals surface area contributed by atoms with E-state index in [0.29, 0.717) is 11.5 Å². The molecule has 0 bridgehead atoms. The third-order valence-corrected chi connectivity index (χ3v) is 3.24. The summed E-state index contributed by atoms with van der Waals surface area (Å²) in [5.74, 6) is 1.40. The molecule has 1 aromatic heterocycles. The minimum Gasteiger partial charge on any atom is -0.360 e. The lowest BCUT2D eigenvalue weighted by molar-refractivity contribution is 0.590. The maximum absolute atomic E-state index is 9.13. The summed E-state index contributed by atoms with van der Waals surface area (Å²) in [5.41, 5.74) is 2.89. The molecule has 104 valence electrons. The summed E-state index contributed by atoms with van der Waals surface area (Å²) in [7, 11) is 3.76. The van der Waals surface area contributed by atoms with Crippen molar-refractivity contribution in [3.8, 4) is 17.5 Å². The largest absolute Gasteiger partial charge is 0.360 e. The summed E-state index contributed by atoms with van der Waals surface area (Å²) in [5, 5.41) is 9.13. The summed E-state index contributed by atoms with van der Waals surface area (Å²) in [6, 6.07) is 10.4. The Hall–Kier alpha value is -2.28. The van der Waals surface area contributed by atoms with Gasteiger partial charge >= 0.3 is 0 Å². The third kappa shape index (κ3) is 2.67. The first kappa shape index (κ1) is 14.1. The second-order valence-electron chi connectivity index (χ2n) is 6.12. The molecule has 2 rings (SSSR count). The molecular formula is C16H20N4. The number of H-pyrrole nitrogens is 1. The highest BCUT2D eigenvalue weighted by Gasteiger charge is 2.15. The van der Waals surface area contributed by atoms with E-state index in [0.717, 1.165) is 11.4 Å². The third-order valence-electron chi connectivity index (χ3n) is 3.24. The van der Waals surface area contributed by atoms with Gasteiger partial charge in [-0.25, -0.2) is 4.98 Å². The number of benzene rings is 1. The van der Waals surface area contributed by atoms with Crippen LogP contribution in [0.1, 0.15) is 32.0 Å². The average Bonchev–Trinajstić information content (AvgIpc) is 2.82. The molecule has 4 heteroatoms. The van der Waals surface area contributed by atoms with Gasteiger partial charge in [0, 0.05) is 19.7 Å². The molecule has 0 amide bonds. The van der Waals surface area contributed by atoms with E-state index in [-0.39, 0.29) is 5.41 Å². The van der Waals surface area contributed by atoms with Crippen LogP contribution in [0, 0.1) is 11.3 Å². The first-order valence-electron chi connectivity index (χ1n) is 6.61. The van der Waals surface area contributed by atoms with Crippen molar-refractivity contribution < 1.29 is 0 Å². The van der Waals surface area contributed by atoms with Gasteiger partial charge in [-0.1, -0.05) is 45.0 Å². The SMILES string of the molecule is CN(C)c1nc(-c2ccc(C(C)(C)C)cc2)[nH]c1C#N. The molecule has 0 aliphatic rings. The van der Waals surface area contributed by atoms with E-state index in [1.165, 1.54) is 5.56 Å². The Balaban J connectivity index is 2.40. The zero-order chi connectivity index (χ0) is 14.9. The zero-order valence-corrected chi connectivity index (χ0v) is 12.7. The van der Waals surface area contributed by atoms with Gasteiger partial charge in [0.2, 0.25) is 0 Å². The minimum absolute atomic E-state index is 0.133. The second-order valence-corrected chi connectivity index (χ2v) is 6.12. The van der Waals surface area contributed by atoms with Crippen LogP contribution in [0.2, 0.25) is 0 Å². The molecule has 20 heavy (non-hydrogen) atoms. The highest BCUT2D eigenvalue weighted by atomic mass is 15.2. The lowest BCUT2D eigenvalue weighted by Crippen LogP contribution is -2.10. The average molecular weight is 268 g/mol.